The van der Waals surface area contributed by atoms with Crippen LogP contribution in [-0.2, 0) is 5.41 Å². The van der Waals surface area contributed by atoms with Crippen LogP contribution in [0, 0.1) is 0 Å². The van der Waals surface area contributed by atoms with Gasteiger partial charge in [-0.1, -0.05) is 111 Å². The van der Waals surface area contributed by atoms with Crippen LogP contribution < -0.4 is 4.90 Å². The molecule has 2 nitrogen and oxygen atoms in total. The van der Waals surface area contributed by atoms with Crippen LogP contribution in [0.5, 0.6) is 0 Å². The van der Waals surface area contributed by atoms with Crippen molar-refractivity contribution in [2.24, 2.45) is 0 Å². The summed E-state index contributed by atoms with van der Waals surface area (Å²) in [5.41, 5.74) is 12.4. The lowest BCUT2D eigenvalue weighted by Gasteiger charge is -2.28. The minimum absolute atomic E-state index is 0.0798. The van der Waals surface area contributed by atoms with Crippen LogP contribution in [0.25, 0.3) is 58.8 Å². The van der Waals surface area contributed by atoms with Gasteiger partial charge in [-0.15, -0.1) is 11.3 Å². The van der Waals surface area contributed by atoms with Crippen molar-refractivity contribution in [3.8, 4) is 16.8 Å². The summed E-state index contributed by atoms with van der Waals surface area (Å²) in [6.45, 7) is 4.71. The first-order valence-corrected chi connectivity index (χ1v) is 17.4. The highest BCUT2D eigenvalue weighted by atomic mass is 32.1. The molecule has 0 unspecified atom stereocenters. The van der Waals surface area contributed by atoms with E-state index in [4.69, 9.17) is 0 Å². The molecule has 2 heterocycles. The molecule has 2 aromatic heterocycles. The fourth-order valence-corrected chi connectivity index (χ4v) is 9.38. The maximum absolute atomic E-state index is 2.45. The fraction of sp³-hybridized carbons (Fsp3) is 0.0667. The van der Waals surface area contributed by atoms with Crippen LogP contribution in [-0.4, -0.2) is 4.57 Å². The number of nitrogens with zero attached hydrogens (tertiary/aromatic N) is 2. The highest BCUT2D eigenvalue weighted by Crippen LogP contribution is 2.51. The molecule has 0 bridgehead atoms. The summed E-state index contributed by atoms with van der Waals surface area (Å²) in [4.78, 5) is 2.42. The molecule has 7 aromatic carbocycles. The maximum atomic E-state index is 2.45. The van der Waals surface area contributed by atoms with Crippen molar-refractivity contribution in [1.29, 1.82) is 0 Å². The third kappa shape index (κ3) is 3.85. The van der Waals surface area contributed by atoms with E-state index in [-0.39, 0.29) is 5.41 Å². The number of aromatic nitrogens is 1. The number of para-hydroxylation sites is 2. The Morgan fingerprint density at radius 2 is 1.17 bits per heavy atom. The molecule has 3 heteroatoms. The highest BCUT2D eigenvalue weighted by Gasteiger charge is 2.35. The monoisotopic (exact) mass is 632 g/mol. The molecule has 10 rings (SSSR count). The van der Waals surface area contributed by atoms with Crippen LogP contribution >= 0.6 is 11.3 Å². The third-order valence-electron chi connectivity index (χ3n) is 10.4. The molecule has 0 aliphatic heterocycles. The first-order valence-electron chi connectivity index (χ1n) is 16.6. The molecule has 0 amide bonds. The lowest BCUT2D eigenvalue weighted by molar-refractivity contribution is 0.660. The maximum Gasteiger partial charge on any atom is 0.0562 e. The van der Waals surface area contributed by atoms with Gasteiger partial charge in [0.1, 0.15) is 0 Å². The van der Waals surface area contributed by atoms with Crippen molar-refractivity contribution >= 4 is 70.4 Å². The van der Waals surface area contributed by atoms with Gasteiger partial charge < -0.3 is 9.47 Å². The molecule has 1 aliphatic carbocycles. The molecule has 0 N–H and O–H groups in total. The lowest BCUT2D eigenvalue weighted by atomic mass is 9.82. The Balaban J connectivity index is 1.24. The van der Waals surface area contributed by atoms with Crippen LogP contribution in [0.3, 0.4) is 0 Å². The summed E-state index contributed by atoms with van der Waals surface area (Å²) >= 11 is 1.90. The Kier molecular flexibility index (Phi) is 5.82. The van der Waals surface area contributed by atoms with E-state index < -0.39 is 0 Å². The Morgan fingerprint density at radius 1 is 0.500 bits per heavy atom. The first-order chi connectivity index (χ1) is 23.6. The largest absolute Gasteiger partial charge is 0.310 e. The summed E-state index contributed by atoms with van der Waals surface area (Å²) in [5, 5.41) is 5.25. The zero-order valence-electron chi connectivity index (χ0n) is 26.8. The van der Waals surface area contributed by atoms with Crippen molar-refractivity contribution in [3.05, 3.63) is 169 Å². The van der Waals surface area contributed by atoms with Crippen LogP contribution in [0.4, 0.5) is 17.1 Å². The molecule has 0 spiro atoms. The van der Waals surface area contributed by atoms with E-state index in [1.165, 1.54) is 69.9 Å². The molecule has 0 saturated carbocycles. The quantitative estimate of drug-likeness (QED) is 0.187. The van der Waals surface area contributed by atoms with Gasteiger partial charge in [0.25, 0.3) is 0 Å². The number of thiophene rings is 1. The number of hydrogen-bond acceptors (Lipinski definition) is 2. The number of benzene rings is 7. The molecular weight excluding hydrogens is 601 g/mol. The smallest absolute Gasteiger partial charge is 0.0562 e. The van der Waals surface area contributed by atoms with E-state index in [9.17, 15) is 0 Å². The second-order valence-corrected chi connectivity index (χ2v) is 14.4. The second kappa shape index (κ2) is 10.2. The fourth-order valence-electron chi connectivity index (χ4n) is 8.12. The average Bonchev–Trinajstić information content (AvgIpc) is 3.75. The zero-order chi connectivity index (χ0) is 32.0. The normalized spacial score (nSPS) is 13.4. The number of rotatable bonds is 4. The molecule has 228 valence electrons. The average molecular weight is 633 g/mol. The molecule has 0 saturated heterocycles. The van der Waals surface area contributed by atoms with Crippen molar-refractivity contribution < 1.29 is 0 Å². The van der Waals surface area contributed by atoms with Gasteiger partial charge >= 0.3 is 0 Å². The first kappa shape index (κ1) is 27.5. The number of hydrogen-bond donors (Lipinski definition) is 0. The standard InChI is InChI=1S/C45H32N2S/c1-45(2)38-19-11-9-17-33(38)34-23-21-31(27-39(34)45)46(29-13-5-3-6-14-29)32-22-24-37-41(28-32)47(30-15-7-4-8-16-30)40-26-25-36-35-18-10-12-20-42(35)48-44(36)43(37)40/h3-28H,1-2H3. The number of anilines is 3. The Hall–Kier alpha value is -5.64. The SMILES string of the molecule is CC1(C)c2ccccc2-c2ccc(N(c3ccccc3)c3ccc4c5c6sc7ccccc7c6ccc5n(-c5ccccc5)c4c3)cc21. The van der Waals surface area contributed by atoms with Gasteiger partial charge in [-0.25, -0.2) is 0 Å². The van der Waals surface area contributed by atoms with Crippen molar-refractivity contribution in [1.82, 2.24) is 4.57 Å². The predicted molar refractivity (Wildman–Crippen MR) is 206 cm³/mol. The van der Waals surface area contributed by atoms with Crippen molar-refractivity contribution in [2.75, 3.05) is 4.90 Å². The Labute approximate surface area is 283 Å². The molecule has 9 aromatic rings. The zero-order valence-corrected chi connectivity index (χ0v) is 27.6. The van der Waals surface area contributed by atoms with Gasteiger partial charge in [-0.2, -0.15) is 0 Å². The van der Waals surface area contributed by atoms with E-state index in [2.05, 4.69) is 181 Å². The Bertz CT molecular complexity index is 2700. The third-order valence-corrected chi connectivity index (χ3v) is 11.6. The minimum Gasteiger partial charge on any atom is -0.310 e. The minimum atomic E-state index is -0.0798. The summed E-state index contributed by atoms with van der Waals surface area (Å²) in [7, 11) is 0. The molecule has 0 fully saturated rings. The summed E-state index contributed by atoms with van der Waals surface area (Å²) < 4.78 is 5.12. The summed E-state index contributed by atoms with van der Waals surface area (Å²) in [5.74, 6) is 0. The van der Waals surface area contributed by atoms with E-state index in [0.717, 1.165) is 17.1 Å². The van der Waals surface area contributed by atoms with Crippen LogP contribution in [0.1, 0.15) is 25.0 Å². The summed E-state index contributed by atoms with van der Waals surface area (Å²) in [6.07, 6.45) is 0. The molecule has 1 aliphatic rings. The van der Waals surface area contributed by atoms with Gasteiger partial charge in [-0.05, 0) is 82.9 Å². The van der Waals surface area contributed by atoms with E-state index in [0.29, 0.717) is 0 Å². The van der Waals surface area contributed by atoms with Gasteiger partial charge in [-0.3, -0.25) is 0 Å². The Morgan fingerprint density at radius 3 is 2.02 bits per heavy atom. The number of fused-ring (bicyclic) bond motifs is 10. The highest BCUT2D eigenvalue weighted by molar-refractivity contribution is 7.26. The van der Waals surface area contributed by atoms with E-state index >= 15 is 0 Å². The molecule has 48 heavy (non-hydrogen) atoms. The van der Waals surface area contributed by atoms with Crippen LogP contribution in [0.15, 0.2) is 158 Å². The van der Waals surface area contributed by atoms with E-state index in [1.54, 1.807) is 0 Å². The van der Waals surface area contributed by atoms with Gasteiger partial charge in [0.2, 0.25) is 0 Å². The predicted octanol–water partition coefficient (Wildman–Crippen LogP) is 12.9. The van der Waals surface area contributed by atoms with E-state index in [1.807, 2.05) is 11.3 Å². The lowest BCUT2D eigenvalue weighted by Crippen LogP contribution is -2.16. The van der Waals surface area contributed by atoms with Crippen LogP contribution in [0.2, 0.25) is 0 Å². The van der Waals surface area contributed by atoms with Crippen molar-refractivity contribution in [2.45, 2.75) is 19.3 Å². The molecular formula is C45H32N2S. The van der Waals surface area contributed by atoms with Crippen molar-refractivity contribution in [3.63, 3.8) is 0 Å². The topological polar surface area (TPSA) is 8.17 Å². The molecule has 0 atom stereocenters. The second-order valence-electron chi connectivity index (χ2n) is 13.4. The molecule has 0 radical (unpaired) electrons. The summed E-state index contributed by atoms with van der Waals surface area (Å²) in [6, 6.07) is 58.0. The van der Waals surface area contributed by atoms with Gasteiger partial charge in [0.05, 0.1) is 11.0 Å². The van der Waals surface area contributed by atoms with Gasteiger partial charge in [0, 0.05) is 59.1 Å². The van der Waals surface area contributed by atoms with Gasteiger partial charge in [0.15, 0.2) is 0 Å².